The lowest BCUT2D eigenvalue weighted by molar-refractivity contribution is 0.318. The predicted octanol–water partition coefficient (Wildman–Crippen LogP) is 1.99. The number of nitrogens with one attached hydrogen (secondary N) is 1. The van der Waals surface area contributed by atoms with Gasteiger partial charge in [0, 0.05) is 18.8 Å². The summed E-state index contributed by atoms with van der Waals surface area (Å²) in [4.78, 5) is 4.18. The Balaban J connectivity index is 1.98. The first kappa shape index (κ1) is 13.8. The summed E-state index contributed by atoms with van der Waals surface area (Å²) < 4.78 is 0. The van der Waals surface area contributed by atoms with Crippen LogP contribution in [0.1, 0.15) is 49.8 Å². The van der Waals surface area contributed by atoms with Crippen LogP contribution in [0.15, 0.2) is 23.5 Å². The first-order valence-corrected chi connectivity index (χ1v) is 6.96. The van der Waals surface area contributed by atoms with E-state index in [0.717, 1.165) is 5.56 Å². The quantitative estimate of drug-likeness (QED) is 0.255. The van der Waals surface area contributed by atoms with E-state index in [9.17, 15) is 0 Å². The van der Waals surface area contributed by atoms with E-state index < -0.39 is 0 Å². The monoisotopic (exact) mass is 262 g/mol. The largest absolute Gasteiger partial charge is 0.409 e. The third-order valence-corrected chi connectivity index (χ3v) is 3.68. The van der Waals surface area contributed by atoms with E-state index in [1.54, 1.807) is 6.20 Å². The molecule has 5 nitrogen and oxygen atoms in total. The van der Waals surface area contributed by atoms with Crippen molar-refractivity contribution in [2.24, 2.45) is 10.9 Å². The van der Waals surface area contributed by atoms with Crippen molar-refractivity contribution in [3.8, 4) is 0 Å². The number of amidine groups is 1. The minimum absolute atomic E-state index is 0.0678. The van der Waals surface area contributed by atoms with E-state index in [0.29, 0.717) is 18.3 Å². The van der Waals surface area contributed by atoms with Crippen molar-refractivity contribution in [3.63, 3.8) is 0 Å². The predicted molar refractivity (Wildman–Crippen MR) is 75.1 cm³/mol. The summed E-state index contributed by atoms with van der Waals surface area (Å²) in [6.07, 6.45) is 9.43. The van der Waals surface area contributed by atoms with Gasteiger partial charge in [-0.25, -0.2) is 0 Å². The zero-order valence-electron chi connectivity index (χ0n) is 11.2. The zero-order valence-corrected chi connectivity index (χ0v) is 11.2. The average molecular weight is 262 g/mol. The van der Waals surface area contributed by atoms with Crippen LogP contribution in [-0.4, -0.2) is 22.1 Å². The normalized spacial score (nSPS) is 18.2. The van der Waals surface area contributed by atoms with Gasteiger partial charge in [0.25, 0.3) is 0 Å². The molecule has 0 spiro atoms. The molecule has 1 fully saturated rings. The maximum Gasteiger partial charge on any atom is 0.189 e. The molecule has 0 unspecified atom stereocenters. The van der Waals surface area contributed by atoms with Gasteiger partial charge < -0.3 is 16.3 Å². The highest BCUT2D eigenvalue weighted by molar-refractivity contribution is 5.96. The van der Waals surface area contributed by atoms with Gasteiger partial charge in [-0.3, -0.25) is 4.98 Å². The van der Waals surface area contributed by atoms with Crippen molar-refractivity contribution in [2.45, 2.75) is 51.1 Å². The van der Waals surface area contributed by atoms with E-state index in [-0.39, 0.29) is 5.84 Å². The van der Waals surface area contributed by atoms with Gasteiger partial charge in [-0.1, -0.05) is 36.9 Å². The highest BCUT2D eigenvalue weighted by atomic mass is 16.4. The number of rotatable bonds is 4. The molecule has 1 saturated carbocycles. The molecule has 0 radical (unpaired) electrons. The fourth-order valence-electron chi connectivity index (χ4n) is 2.60. The smallest absolute Gasteiger partial charge is 0.189 e. The van der Waals surface area contributed by atoms with Crippen molar-refractivity contribution in [2.75, 3.05) is 0 Å². The molecule has 104 valence electrons. The van der Waals surface area contributed by atoms with Gasteiger partial charge in [0.15, 0.2) is 5.84 Å². The molecule has 0 amide bonds. The molecule has 1 aromatic heterocycles. The molecular weight excluding hydrogens is 240 g/mol. The number of nitrogens with two attached hydrogens (primary N) is 1. The highest BCUT2D eigenvalue weighted by Gasteiger charge is 2.13. The first-order chi connectivity index (χ1) is 9.31. The second-order valence-electron chi connectivity index (χ2n) is 5.07. The maximum absolute atomic E-state index is 8.77. The molecule has 1 heterocycles. The Hall–Kier alpha value is -1.62. The van der Waals surface area contributed by atoms with Crippen molar-refractivity contribution in [1.82, 2.24) is 10.3 Å². The fraction of sp³-hybridized carbons (Fsp3) is 0.571. The van der Waals surface area contributed by atoms with Gasteiger partial charge in [0.05, 0.1) is 0 Å². The van der Waals surface area contributed by atoms with Crippen LogP contribution in [0, 0.1) is 0 Å². The van der Waals surface area contributed by atoms with Crippen LogP contribution >= 0.6 is 0 Å². The number of pyridine rings is 1. The number of hydrogen-bond acceptors (Lipinski definition) is 4. The Labute approximate surface area is 113 Å². The minimum Gasteiger partial charge on any atom is -0.409 e. The van der Waals surface area contributed by atoms with Gasteiger partial charge in [-0.05, 0) is 24.5 Å². The number of oxime groups is 1. The van der Waals surface area contributed by atoms with Crippen LogP contribution < -0.4 is 11.1 Å². The van der Waals surface area contributed by atoms with E-state index in [4.69, 9.17) is 10.9 Å². The van der Waals surface area contributed by atoms with Crippen molar-refractivity contribution in [3.05, 3.63) is 29.6 Å². The Bertz CT molecular complexity index is 425. The van der Waals surface area contributed by atoms with E-state index in [1.807, 2.05) is 12.1 Å². The molecule has 1 aliphatic rings. The van der Waals surface area contributed by atoms with Gasteiger partial charge in [0.1, 0.15) is 5.69 Å². The fourth-order valence-corrected chi connectivity index (χ4v) is 2.60. The van der Waals surface area contributed by atoms with Crippen LogP contribution in [0.4, 0.5) is 0 Å². The Morgan fingerprint density at radius 3 is 2.79 bits per heavy atom. The summed E-state index contributed by atoms with van der Waals surface area (Å²) in [5, 5.41) is 15.4. The third-order valence-electron chi connectivity index (χ3n) is 3.68. The van der Waals surface area contributed by atoms with Gasteiger partial charge in [0.2, 0.25) is 0 Å². The van der Waals surface area contributed by atoms with Crippen LogP contribution in [0.2, 0.25) is 0 Å². The summed E-state index contributed by atoms with van der Waals surface area (Å²) in [7, 11) is 0. The Morgan fingerprint density at radius 1 is 1.37 bits per heavy atom. The standard InChI is InChI=1S/C14H22N4O/c15-14(18-19)13-11(6-5-9-16-13)10-17-12-7-3-1-2-4-8-12/h5-6,9,12,17,19H,1-4,7-8,10H2,(H2,15,18). The second-order valence-corrected chi connectivity index (χ2v) is 5.07. The van der Waals surface area contributed by atoms with Crippen LogP contribution in [0.25, 0.3) is 0 Å². The lowest BCUT2D eigenvalue weighted by Gasteiger charge is -2.17. The molecule has 5 heteroatoms. The summed E-state index contributed by atoms with van der Waals surface area (Å²) >= 11 is 0. The maximum atomic E-state index is 8.77. The summed E-state index contributed by atoms with van der Waals surface area (Å²) in [5.41, 5.74) is 7.17. The van der Waals surface area contributed by atoms with E-state index in [2.05, 4.69) is 15.5 Å². The molecule has 1 aliphatic carbocycles. The molecule has 0 bridgehead atoms. The number of hydrogen-bond donors (Lipinski definition) is 3. The molecule has 0 aromatic carbocycles. The van der Waals surface area contributed by atoms with Gasteiger partial charge in [-0.2, -0.15) is 0 Å². The molecule has 4 N–H and O–H groups in total. The second kappa shape index (κ2) is 7.09. The summed E-state index contributed by atoms with van der Waals surface area (Å²) in [6, 6.07) is 4.41. The molecular formula is C14H22N4O. The van der Waals surface area contributed by atoms with Crippen LogP contribution in [0.3, 0.4) is 0 Å². The van der Waals surface area contributed by atoms with Crippen molar-refractivity contribution >= 4 is 5.84 Å². The molecule has 0 atom stereocenters. The van der Waals surface area contributed by atoms with E-state index in [1.165, 1.54) is 38.5 Å². The molecule has 19 heavy (non-hydrogen) atoms. The van der Waals surface area contributed by atoms with Crippen molar-refractivity contribution < 1.29 is 5.21 Å². The van der Waals surface area contributed by atoms with Crippen LogP contribution in [0.5, 0.6) is 0 Å². The highest BCUT2D eigenvalue weighted by Crippen LogP contribution is 2.17. The number of nitrogens with zero attached hydrogens (tertiary/aromatic N) is 2. The van der Waals surface area contributed by atoms with Crippen LogP contribution in [-0.2, 0) is 6.54 Å². The zero-order chi connectivity index (χ0) is 13.5. The Kier molecular flexibility index (Phi) is 5.15. The van der Waals surface area contributed by atoms with Crippen molar-refractivity contribution in [1.29, 1.82) is 0 Å². The molecule has 1 aromatic rings. The van der Waals surface area contributed by atoms with Gasteiger partial charge >= 0.3 is 0 Å². The topological polar surface area (TPSA) is 83.5 Å². The van der Waals surface area contributed by atoms with E-state index >= 15 is 0 Å². The Morgan fingerprint density at radius 2 is 2.11 bits per heavy atom. The third kappa shape index (κ3) is 3.92. The molecule has 2 rings (SSSR count). The SMILES string of the molecule is NC(=NO)c1ncccc1CNC1CCCCCC1. The minimum atomic E-state index is 0.0678. The number of aromatic nitrogens is 1. The molecule has 0 aliphatic heterocycles. The van der Waals surface area contributed by atoms with Gasteiger partial charge in [-0.15, -0.1) is 0 Å². The summed E-state index contributed by atoms with van der Waals surface area (Å²) in [5.74, 6) is 0.0678. The summed E-state index contributed by atoms with van der Waals surface area (Å²) in [6.45, 7) is 0.712. The average Bonchev–Trinajstić information content (AvgIpc) is 2.73. The lowest BCUT2D eigenvalue weighted by atomic mass is 10.1. The molecule has 0 saturated heterocycles. The first-order valence-electron chi connectivity index (χ1n) is 6.96. The lowest BCUT2D eigenvalue weighted by Crippen LogP contribution is -2.29.